The second-order valence-corrected chi connectivity index (χ2v) is 7.90. The third-order valence-electron chi connectivity index (χ3n) is 5.92. The van der Waals surface area contributed by atoms with Gasteiger partial charge < -0.3 is 5.73 Å². The van der Waals surface area contributed by atoms with Gasteiger partial charge in [0, 0.05) is 11.3 Å². The zero-order valence-corrected chi connectivity index (χ0v) is 15.8. The Balaban J connectivity index is 1.55. The van der Waals surface area contributed by atoms with Crippen LogP contribution in [0, 0.1) is 11.7 Å². The van der Waals surface area contributed by atoms with Crippen LogP contribution >= 0.6 is 0 Å². The van der Waals surface area contributed by atoms with Crippen molar-refractivity contribution in [3.05, 3.63) is 78.1 Å². The highest BCUT2D eigenvalue weighted by atomic mass is 19.1. The Kier molecular flexibility index (Phi) is 4.98. The lowest BCUT2D eigenvalue weighted by Gasteiger charge is -2.26. The van der Waals surface area contributed by atoms with Gasteiger partial charge in [0.2, 0.25) is 0 Å². The molecule has 1 aliphatic rings. The quantitative estimate of drug-likeness (QED) is 0.499. The molecule has 2 heteroatoms. The molecule has 1 aliphatic carbocycles. The fourth-order valence-corrected chi connectivity index (χ4v) is 4.13. The molecule has 0 atom stereocenters. The molecule has 0 unspecified atom stereocenters. The van der Waals surface area contributed by atoms with Gasteiger partial charge in [0.25, 0.3) is 0 Å². The molecule has 0 bridgehead atoms. The fraction of sp³-hybridized carbons (Fsp3) is 0.280. The lowest BCUT2D eigenvalue weighted by Crippen LogP contribution is -2.10. The minimum absolute atomic E-state index is 0.206. The third-order valence-corrected chi connectivity index (χ3v) is 5.92. The number of nitrogen functional groups attached to an aromatic ring is 1. The zero-order chi connectivity index (χ0) is 18.8. The van der Waals surface area contributed by atoms with Gasteiger partial charge in [-0.25, -0.2) is 4.39 Å². The van der Waals surface area contributed by atoms with Crippen LogP contribution in [0.5, 0.6) is 0 Å². The number of hydrogen-bond donors (Lipinski definition) is 1. The van der Waals surface area contributed by atoms with Gasteiger partial charge in [-0.15, -0.1) is 0 Å². The van der Waals surface area contributed by atoms with E-state index >= 15 is 0 Å². The summed E-state index contributed by atoms with van der Waals surface area (Å²) in [5.41, 5.74) is 11.2. The molecule has 0 aromatic heterocycles. The number of hydrogen-bond acceptors (Lipinski definition) is 1. The van der Waals surface area contributed by atoms with E-state index in [2.05, 4.69) is 31.2 Å². The van der Waals surface area contributed by atoms with Gasteiger partial charge in [-0.1, -0.05) is 68.3 Å². The number of halogens is 1. The first-order valence-electron chi connectivity index (χ1n) is 9.86. The van der Waals surface area contributed by atoms with Crippen LogP contribution in [0.15, 0.2) is 66.7 Å². The Hall–Kier alpha value is -2.61. The van der Waals surface area contributed by atoms with E-state index in [0.717, 1.165) is 22.6 Å². The maximum Gasteiger partial charge on any atom is 0.131 e. The van der Waals surface area contributed by atoms with Crippen molar-refractivity contribution in [2.75, 3.05) is 5.73 Å². The molecule has 0 saturated heterocycles. The Morgan fingerprint density at radius 3 is 1.96 bits per heavy atom. The van der Waals surface area contributed by atoms with Crippen molar-refractivity contribution in [2.45, 2.75) is 38.5 Å². The first kappa shape index (κ1) is 17.8. The highest BCUT2D eigenvalue weighted by Crippen LogP contribution is 2.36. The summed E-state index contributed by atoms with van der Waals surface area (Å²) in [6.45, 7) is 2.35. The summed E-state index contributed by atoms with van der Waals surface area (Å²) in [5, 5.41) is 0. The van der Waals surface area contributed by atoms with E-state index in [1.54, 1.807) is 18.2 Å². The number of nitrogens with two attached hydrogens (primary N) is 1. The van der Waals surface area contributed by atoms with Gasteiger partial charge in [0.1, 0.15) is 5.82 Å². The van der Waals surface area contributed by atoms with Crippen molar-refractivity contribution in [3.63, 3.8) is 0 Å². The Bertz CT molecular complexity index is 904. The Morgan fingerprint density at radius 2 is 1.33 bits per heavy atom. The van der Waals surface area contributed by atoms with Gasteiger partial charge in [0.05, 0.1) is 0 Å². The summed E-state index contributed by atoms with van der Waals surface area (Å²) in [4.78, 5) is 0. The molecule has 4 rings (SSSR count). The Labute approximate surface area is 161 Å². The van der Waals surface area contributed by atoms with Gasteiger partial charge in [0.15, 0.2) is 0 Å². The summed E-state index contributed by atoms with van der Waals surface area (Å²) in [6, 6.07) is 21.5. The highest BCUT2D eigenvalue weighted by molar-refractivity contribution is 5.72. The first-order valence-corrected chi connectivity index (χ1v) is 9.86. The predicted molar refractivity (Wildman–Crippen MR) is 112 cm³/mol. The van der Waals surface area contributed by atoms with Crippen molar-refractivity contribution in [1.29, 1.82) is 0 Å². The van der Waals surface area contributed by atoms with Crippen molar-refractivity contribution in [3.8, 4) is 22.3 Å². The molecule has 138 valence electrons. The van der Waals surface area contributed by atoms with E-state index in [1.165, 1.54) is 31.2 Å². The molecule has 0 amide bonds. The Morgan fingerprint density at radius 1 is 0.741 bits per heavy atom. The monoisotopic (exact) mass is 359 g/mol. The molecule has 27 heavy (non-hydrogen) atoms. The maximum absolute atomic E-state index is 14.7. The largest absolute Gasteiger partial charge is 0.399 e. The smallest absolute Gasteiger partial charge is 0.131 e. The van der Waals surface area contributed by atoms with Crippen LogP contribution in [0.2, 0.25) is 0 Å². The van der Waals surface area contributed by atoms with Crippen LogP contribution in [0.1, 0.15) is 44.1 Å². The van der Waals surface area contributed by atoms with Crippen LogP contribution in [0.4, 0.5) is 10.1 Å². The molecule has 3 aromatic carbocycles. The second kappa shape index (κ2) is 7.56. The molecule has 0 aliphatic heterocycles. The second-order valence-electron chi connectivity index (χ2n) is 7.90. The van der Waals surface area contributed by atoms with Crippen molar-refractivity contribution < 1.29 is 4.39 Å². The number of benzene rings is 3. The highest BCUT2D eigenvalue weighted by Gasteiger charge is 2.19. The standard InChI is InChI=1S/C25H26FN/c1-17-2-4-18(5-3-17)19-6-8-20(9-7-19)22-12-15-24(25(26)16-22)21-10-13-23(27)14-11-21/h6-18H,2-5,27H2,1H3. The summed E-state index contributed by atoms with van der Waals surface area (Å²) < 4.78 is 14.7. The average molecular weight is 359 g/mol. The van der Waals surface area contributed by atoms with E-state index in [1.807, 2.05) is 24.3 Å². The first-order chi connectivity index (χ1) is 13.1. The van der Waals surface area contributed by atoms with Crippen LogP contribution < -0.4 is 5.73 Å². The normalized spacial score (nSPS) is 19.8. The summed E-state index contributed by atoms with van der Waals surface area (Å²) >= 11 is 0. The van der Waals surface area contributed by atoms with Gasteiger partial charge in [-0.3, -0.25) is 0 Å². The van der Waals surface area contributed by atoms with Crippen molar-refractivity contribution in [1.82, 2.24) is 0 Å². The third kappa shape index (κ3) is 3.90. The molecule has 1 fully saturated rings. The average Bonchev–Trinajstić information content (AvgIpc) is 2.69. The van der Waals surface area contributed by atoms with Gasteiger partial charge in [-0.05, 0) is 65.1 Å². The fourth-order valence-electron chi connectivity index (χ4n) is 4.13. The van der Waals surface area contributed by atoms with Crippen molar-refractivity contribution >= 4 is 5.69 Å². The molecular formula is C25H26FN. The van der Waals surface area contributed by atoms with Crippen molar-refractivity contribution in [2.24, 2.45) is 5.92 Å². The molecule has 0 radical (unpaired) electrons. The molecule has 1 saturated carbocycles. The molecule has 0 heterocycles. The van der Waals surface area contributed by atoms with E-state index in [4.69, 9.17) is 5.73 Å². The van der Waals surface area contributed by atoms with E-state index in [-0.39, 0.29) is 5.82 Å². The summed E-state index contributed by atoms with van der Waals surface area (Å²) in [6.07, 6.45) is 5.21. The molecule has 3 aromatic rings. The lowest BCUT2D eigenvalue weighted by atomic mass is 9.79. The molecule has 1 nitrogen and oxygen atoms in total. The molecule has 0 spiro atoms. The summed E-state index contributed by atoms with van der Waals surface area (Å²) in [7, 11) is 0. The zero-order valence-electron chi connectivity index (χ0n) is 15.8. The lowest BCUT2D eigenvalue weighted by molar-refractivity contribution is 0.348. The number of rotatable bonds is 3. The van der Waals surface area contributed by atoms with Gasteiger partial charge in [-0.2, -0.15) is 0 Å². The van der Waals surface area contributed by atoms with Crippen LogP contribution in [-0.2, 0) is 0 Å². The minimum atomic E-state index is -0.206. The van der Waals surface area contributed by atoms with Crippen LogP contribution in [0.3, 0.4) is 0 Å². The molecular weight excluding hydrogens is 333 g/mol. The van der Waals surface area contributed by atoms with E-state index < -0.39 is 0 Å². The van der Waals surface area contributed by atoms with Gasteiger partial charge >= 0.3 is 0 Å². The molecule has 2 N–H and O–H groups in total. The SMILES string of the molecule is CC1CCC(c2ccc(-c3ccc(-c4ccc(N)cc4)c(F)c3)cc2)CC1. The summed E-state index contributed by atoms with van der Waals surface area (Å²) in [5.74, 6) is 1.34. The predicted octanol–water partition coefficient (Wildman–Crippen LogP) is 7.04. The number of anilines is 1. The topological polar surface area (TPSA) is 26.0 Å². The maximum atomic E-state index is 14.7. The van der Waals surface area contributed by atoms with E-state index in [9.17, 15) is 4.39 Å². The van der Waals surface area contributed by atoms with Crippen LogP contribution in [-0.4, -0.2) is 0 Å². The minimum Gasteiger partial charge on any atom is -0.399 e. The van der Waals surface area contributed by atoms with Crippen LogP contribution in [0.25, 0.3) is 22.3 Å². The van der Waals surface area contributed by atoms with E-state index in [0.29, 0.717) is 17.2 Å².